The van der Waals surface area contributed by atoms with Gasteiger partial charge in [0.2, 0.25) is 0 Å². The van der Waals surface area contributed by atoms with E-state index in [1.165, 1.54) is 42.6 Å². The average molecular weight is 430 g/mol. The second-order valence-electron chi connectivity index (χ2n) is 8.68. The Bertz CT molecular complexity index is 1010. The molecule has 3 aromatic carbocycles. The number of likely N-dealkylation sites (tertiary alicyclic amines) is 1. The van der Waals surface area contributed by atoms with Gasteiger partial charge >= 0.3 is 0 Å². The lowest BCUT2D eigenvalue weighted by Crippen LogP contribution is -2.25. The van der Waals surface area contributed by atoms with Crippen LogP contribution >= 0.6 is 0 Å². The van der Waals surface area contributed by atoms with Crippen LogP contribution in [-0.4, -0.2) is 44.9 Å². The summed E-state index contributed by atoms with van der Waals surface area (Å²) in [6.07, 6.45) is 2.63. The molecule has 2 aliphatic heterocycles. The number of nitrogens with zero attached hydrogens (tertiary/aromatic N) is 1. The van der Waals surface area contributed by atoms with E-state index in [9.17, 15) is 0 Å². The van der Waals surface area contributed by atoms with Crippen molar-refractivity contribution in [1.29, 1.82) is 0 Å². The monoisotopic (exact) mass is 429 g/mol. The average Bonchev–Trinajstić information content (AvgIpc) is 3.37. The summed E-state index contributed by atoms with van der Waals surface area (Å²) in [6, 6.07) is 25.4. The number of hydrogen-bond acceptors (Lipinski definition) is 4. The third-order valence-corrected chi connectivity index (χ3v) is 6.71. The number of rotatable bonds is 7. The Morgan fingerprint density at radius 2 is 1.62 bits per heavy atom. The number of hydrogen-bond donors (Lipinski definition) is 0. The summed E-state index contributed by atoms with van der Waals surface area (Å²) in [5.41, 5.74) is 3.73. The van der Waals surface area contributed by atoms with Gasteiger partial charge in [0, 0.05) is 23.9 Å². The number of benzene rings is 3. The second kappa shape index (κ2) is 9.66. The first-order valence-corrected chi connectivity index (χ1v) is 11.6. The summed E-state index contributed by atoms with van der Waals surface area (Å²) < 4.78 is 17.8. The smallest absolute Gasteiger partial charge is 0.123 e. The molecule has 2 heterocycles. The van der Waals surface area contributed by atoms with Gasteiger partial charge in [-0.2, -0.15) is 0 Å². The zero-order valence-corrected chi connectivity index (χ0v) is 18.7. The zero-order valence-electron chi connectivity index (χ0n) is 18.7. The van der Waals surface area contributed by atoms with Gasteiger partial charge in [-0.15, -0.1) is 0 Å². The van der Waals surface area contributed by atoms with Crippen molar-refractivity contribution in [1.82, 2.24) is 4.90 Å². The highest BCUT2D eigenvalue weighted by Crippen LogP contribution is 2.47. The molecule has 0 bridgehead atoms. The van der Waals surface area contributed by atoms with Gasteiger partial charge in [0.15, 0.2) is 0 Å². The second-order valence-corrected chi connectivity index (χ2v) is 8.68. The normalized spacial score (nSPS) is 20.4. The largest absolute Gasteiger partial charge is 0.497 e. The molecule has 0 saturated carbocycles. The Labute approximate surface area is 190 Å². The predicted molar refractivity (Wildman–Crippen MR) is 127 cm³/mol. The quantitative estimate of drug-likeness (QED) is 0.498. The molecular weight excluding hydrogens is 398 g/mol. The van der Waals surface area contributed by atoms with Crippen molar-refractivity contribution in [2.45, 2.75) is 24.7 Å². The molecule has 5 rings (SSSR count). The summed E-state index contributed by atoms with van der Waals surface area (Å²) >= 11 is 0. The summed E-state index contributed by atoms with van der Waals surface area (Å²) in [4.78, 5) is 2.48. The molecule has 1 saturated heterocycles. The van der Waals surface area contributed by atoms with E-state index in [1.807, 2.05) is 12.1 Å². The summed E-state index contributed by atoms with van der Waals surface area (Å²) in [5.74, 6) is 3.15. The molecule has 32 heavy (non-hydrogen) atoms. The predicted octanol–water partition coefficient (Wildman–Crippen LogP) is 5.48. The molecule has 0 unspecified atom stereocenters. The van der Waals surface area contributed by atoms with Crippen molar-refractivity contribution >= 4 is 0 Å². The molecule has 2 atom stereocenters. The van der Waals surface area contributed by atoms with Gasteiger partial charge in [-0.05, 0) is 67.4 Å². The molecule has 1 fully saturated rings. The fourth-order valence-corrected chi connectivity index (χ4v) is 4.99. The molecule has 0 spiro atoms. The van der Waals surface area contributed by atoms with Crippen LogP contribution < -0.4 is 14.2 Å². The fourth-order valence-electron chi connectivity index (χ4n) is 4.99. The molecule has 2 aliphatic rings. The zero-order chi connectivity index (χ0) is 21.8. The Kier molecular flexibility index (Phi) is 6.31. The van der Waals surface area contributed by atoms with Crippen LogP contribution in [0, 0.1) is 0 Å². The number of ether oxygens (including phenoxy) is 3. The van der Waals surface area contributed by atoms with Gasteiger partial charge in [0.05, 0.1) is 13.7 Å². The first kappa shape index (κ1) is 20.9. The molecular formula is C28H31NO3. The topological polar surface area (TPSA) is 30.9 Å². The highest BCUT2D eigenvalue weighted by Gasteiger charge is 2.33. The van der Waals surface area contributed by atoms with Crippen LogP contribution in [-0.2, 0) is 0 Å². The van der Waals surface area contributed by atoms with E-state index < -0.39 is 0 Å². The minimum atomic E-state index is 0.190. The maximum absolute atomic E-state index is 6.18. The summed E-state index contributed by atoms with van der Waals surface area (Å²) in [7, 11) is 1.71. The van der Waals surface area contributed by atoms with Crippen molar-refractivity contribution < 1.29 is 14.2 Å². The lowest BCUT2D eigenvalue weighted by Gasteiger charge is -2.34. The van der Waals surface area contributed by atoms with Crippen LogP contribution in [0.15, 0.2) is 72.8 Å². The van der Waals surface area contributed by atoms with Crippen LogP contribution in [0.25, 0.3) is 0 Å². The van der Waals surface area contributed by atoms with E-state index in [0.29, 0.717) is 6.61 Å². The van der Waals surface area contributed by atoms with E-state index in [4.69, 9.17) is 14.2 Å². The maximum atomic E-state index is 6.18. The van der Waals surface area contributed by atoms with Crippen LogP contribution in [0.5, 0.6) is 17.2 Å². The standard InChI is InChI=1S/C28H31NO3/c1-30-24-13-14-27-25(19-24)28(26(20-32-27)21-7-3-2-4-8-21)22-9-11-23(12-10-22)31-18-17-29-15-5-6-16-29/h2-4,7-14,19,26,28H,5-6,15-18,20H2,1H3/t26-,28-/m0/s1. The van der Waals surface area contributed by atoms with Crippen molar-refractivity contribution in [3.63, 3.8) is 0 Å². The lowest BCUT2D eigenvalue weighted by atomic mass is 9.76. The van der Waals surface area contributed by atoms with E-state index in [-0.39, 0.29) is 11.8 Å². The molecule has 0 aliphatic carbocycles. The minimum absolute atomic E-state index is 0.190. The maximum Gasteiger partial charge on any atom is 0.123 e. The molecule has 0 N–H and O–H groups in total. The Morgan fingerprint density at radius 3 is 2.38 bits per heavy atom. The first-order chi connectivity index (χ1) is 15.8. The molecule has 4 nitrogen and oxygen atoms in total. The molecule has 0 aromatic heterocycles. The highest BCUT2D eigenvalue weighted by atomic mass is 16.5. The van der Waals surface area contributed by atoms with E-state index in [1.54, 1.807) is 7.11 Å². The van der Waals surface area contributed by atoms with Crippen molar-refractivity contribution in [2.75, 3.05) is 40.0 Å². The molecule has 166 valence electrons. The summed E-state index contributed by atoms with van der Waals surface area (Å²) in [6.45, 7) is 4.81. The van der Waals surface area contributed by atoms with Gasteiger partial charge in [-0.3, -0.25) is 4.90 Å². The van der Waals surface area contributed by atoms with Gasteiger partial charge in [-0.1, -0.05) is 42.5 Å². The highest BCUT2D eigenvalue weighted by molar-refractivity contribution is 5.51. The Balaban J connectivity index is 1.40. The van der Waals surface area contributed by atoms with Crippen molar-refractivity contribution in [2.24, 2.45) is 0 Å². The van der Waals surface area contributed by atoms with Crippen molar-refractivity contribution in [3.05, 3.63) is 89.5 Å². The third-order valence-electron chi connectivity index (χ3n) is 6.71. The molecule has 4 heteroatoms. The van der Waals surface area contributed by atoms with E-state index in [2.05, 4.69) is 65.6 Å². The van der Waals surface area contributed by atoms with Crippen LogP contribution in [0.2, 0.25) is 0 Å². The van der Waals surface area contributed by atoms with Crippen LogP contribution in [0.3, 0.4) is 0 Å². The Hall–Kier alpha value is -2.98. The van der Waals surface area contributed by atoms with Gasteiger partial charge in [0.25, 0.3) is 0 Å². The molecule has 0 radical (unpaired) electrons. The van der Waals surface area contributed by atoms with Gasteiger partial charge < -0.3 is 14.2 Å². The minimum Gasteiger partial charge on any atom is -0.497 e. The lowest BCUT2D eigenvalue weighted by molar-refractivity contribution is 0.237. The van der Waals surface area contributed by atoms with E-state index in [0.717, 1.165) is 30.4 Å². The van der Waals surface area contributed by atoms with Crippen LogP contribution in [0.4, 0.5) is 0 Å². The third kappa shape index (κ3) is 4.46. The first-order valence-electron chi connectivity index (χ1n) is 11.6. The SMILES string of the molecule is COc1ccc2c(c1)[C@H](c1ccc(OCCN3CCCC3)cc1)[C@H](c1ccccc1)CO2. The number of methoxy groups -OCH3 is 1. The number of fused-ring (bicyclic) bond motifs is 1. The van der Waals surface area contributed by atoms with Crippen LogP contribution in [0.1, 0.15) is 41.4 Å². The summed E-state index contributed by atoms with van der Waals surface area (Å²) in [5, 5.41) is 0. The molecule has 0 amide bonds. The van der Waals surface area contributed by atoms with E-state index >= 15 is 0 Å². The van der Waals surface area contributed by atoms with Gasteiger partial charge in [-0.25, -0.2) is 0 Å². The molecule has 3 aromatic rings. The van der Waals surface area contributed by atoms with Crippen molar-refractivity contribution in [3.8, 4) is 17.2 Å². The fraction of sp³-hybridized carbons (Fsp3) is 0.357. The van der Waals surface area contributed by atoms with Gasteiger partial charge in [0.1, 0.15) is 23.9 Å². The Morgan fingerprint density at radius 1 is 0.875 bits per heavy atom.